The van der Waals surface area contributed by atoms with E-state index in [1.54, 1.807) is 23.5 Å². The molecule has 1 atom stereocenters. The maximum atomic E-state index is 11.3. The van der Waals surface area contributed by atoms with E-state index in [0.29, 0.717) is 11.3 Å². The zero-order valence-corrected chi connectivity index (χ0v) is 11.5. The molecule has 19 heavy (non-hydrogen) atoms. The molecular weight excluding hydrogens is 258 g/mol. The van der Waals surface area contributed by atoms with Crippen molar-refractivity contribution < 1.29 is 4.79 Å². The van der Waals surface area contributed by atoms with E-state index in [1.807, 2.05) is 12.1 Å². The average molecular weight is 275 g/mol. The number of hydrogen-bond donors (Lipinski definition) is 3. The third kappa shape index (κ3) is 3.06. The molecule has 5 N–H and O–H groups in total. The molecule has 0 spiro atoms. The van der Waals surface area contributed by atoms with Crippen molar-refractivity contribution in [3.63, 3.8) is 0 Å². The van der Waals surface area contributed by atoms with Crippen molar-refractivity contribution in [2.45, 2.75) is 19.4 Å². The van der Waals surface area contributed by atoms with Crippen LogP contribution in [0.15, 0.2) is 35.7 Å². The van der Waals surface area contributed by atoms with Crippen LogP contribution in [0.3, 0.4) is 0 Å². The number of anilines is 2. The Hall–Kier alpha value is -2.01. The van der Waals surface area contributed by atoms with E-state index in [-0.39, 0.29) is 6.04 Å². The average Bonchev–Trinajstić information content (AvgIpc) is 2.91. The molecule has 4 nitrogen and oxygen atoms in total. The SMILES string of the molecule is CCC(Nc1ccc(N)c(C(N)=O)c1)c1cccs1. The summed E-state index contributed by atoms with van der Waals surface area (Å²) in [7, 11) is 0. The molecule has 0 saturated carbocycles. The van der Waals surface area contributed by atoms with Gasteiger partial charge in [0.25, 0.3) is 5.91 Å². The van der Waals surface area contributed by atoms with Crippen molar-refractivity contribution in [2.75, 3.05) is 11.1 Å². The van der Waals surface area contributed by atoms with E-state index in [2.05, 4.69) is 23.7 Å². The van der Waals surface area contributed by atoms with E-state index in [9.17, 15) is 4.79 Å². The van der Waals surface area contributed by atoms with Crippen LogP contribution in [0.1, 0.15) is 34.6 Å². The number of thiophene rings is 1. The van der Waals surface area contributed by atoms with E-state index >= 15 is 0 Å². The van der Waals surface area contributed by atoms with Gasteiger partial charge >= 0.3 is 0 Å². The molecule has 0 saturated heterocycles. The van der Waals surface area contributed by atoms with Crippen molar-refractivity contribution in [2.24, 2.45) is 5.73 Å². The smallest absolute Gasteiger partial charge is 0.250 e. The summed E-state index contributed by atoms with van der Waals surface area (Å²) in [6, 6.07) is 9.61. The van der Waals surface area contributed by atoms with Gasteiger partial charge in [0.1, 0.15) is 0 Å². The van der Waals surface area contributed by atoms with Gasteiger partial charge in [0.15, 0.2) is 0 Å². The van der Waals surface area contributed by atoms with Gasteiger partial charge in [-0.2, -0.15) is 0 Å². The van der Waals surface area contributed by atoms with Gasteiger partial charge in [-0.15, -0.1) is 11.3 Å². The molecule has 0 aliphatic rings. The third-order valence-electron chi connectivity index (χ3n) is 2.95. The first-order valence-electron chi connectivity index (χ1n) is 6.11. The number of nitrogens with one attached hydrogen (secondary N) is 1. The molecule has 1 heterocycles. The minimum atomic E-state index is -0.509. The second kappa shape index (κ2) is 5.75. The zero-order chi connectivity index (χ0) is 13.8. The van der Waals surface area contributed by atoms with Crippen LogP contribution in [0.2, 0.25) is 0 Å². The Morgan fingerprint density at radius 1 is 1.42 bits per heavy atom. The van der Waals surface area contributed by atoms with Crippen molar-refractivity contribution in [1.82, 2.24) is 0 Å². The lowest BCUT2D eigenvalue weighted by atomic mass is 10.1. The summed E-state index contributed by atoms with van der Waals surface area (Å²) in [5.74, 6) is -0.509. The quantitative estimate of drug-likeness (QED) is 0.734. The molecule has 1 aromatic carbocycles. The normalized spacial score (nSPS) is 12.1. The van der Waals surface area contributed by atoms with Gasteiger partial charge in [0.05, 0.1) is 11.6 Å². The second-order valence-corrected chi connectivity index (χ2v) is 5.27. The summed E-state index contributed by atoms with van der Waals surface area (Å²) in [5.41, 5.74) is 12.6. The Labute approximate surface area is 116 Å². The summed E-state index contributed by atoms with van der Waals surface area (Å²) >= 11 is 1.71. The number of nitrogen functional groups attached to an aromatic ring is 1. The molecule has 0 aliphatic carbocycles. The van der Waals surface area contributed by atoms with Gasteiger partial charge in [0.2, 0.25) is 0 Å². The van der Waals surface area contributed by atoms with Crippen molar-refractivity contribution >= 4 is 28.6 Å². The van der Waals surface area contributed by atoms with Crippen LogP contribution >= 0.6 is 11.3 Å². The molecular formula is C14H17N3OS. The fraction of sp³-hybridized carbons (Fsp3) is 0.214. The van der Waals surface area contributed by atoms with Crippen LogP contribution in [0.4, 0.5) is 11.4 Å². The molecule has 1 unspecified atom stereocenters. The highest BCUT2D eigenvalue weighted by Crippen LogP contribution is 2.27. The number of carbonyl (C=O) groups excluding carboxylic acids is 1. The number of nitrogens with two attached hydrogens (primary N) is 2. The molecule has 2 aromatic rings. The fourth-order valence-electron chi connectivity index (χ4n) is 1.92. The first-order valence-corrected chi connectivity index (χ1v) is 6.99. The summed E-state index contributed by atoms with van der Waals surface area (Å²) in [5, 5.41) is 5.45. The van der Waals surface area contributed by atoms with E-state index < -0.39 is 5.91 Å². The second-order valence-electron chi connectivity index (χ2n) is 4.29. The largest absolute Gasteiger partial charge is 0.398 e. The maximum Gasteiger partial charge on any atom is 0.250 e. The lowest BCUT2D eigenvalue weighted by molar-refractivity contribution is 0.100. The Kier molecular flexibility index (Phi) is 4.06. The highest BCUT2D eigenvalue weighted by atomic mass is 32.1. The minimum Gasteiger partial charge on any atom is -0.398 e. The summed E-state index contributed by atoms with van der Waals surface area (Å²) in [6.07, 6.45) is 0.955. The third-order valence-corrected chi connectivity index (χ3v) is 3.94. The van der Waals surface area contributed by atoms with Gasteiger partial charge in [-0.25, -0.2) is 0 Å². The summed E-state index contributed by atoms with van der Waals surface area (Å²) < 4.78 is 0. The van der Waals surface area contributed by atoms with Crippen molar-refractivity contribution in [1.29, 1.82) is 0 Å². The Morgan fingerprint density at radius 3 is 2.79 bits per heavy atom. The van der Waals surface area contributed by atoms with Crippen LogP contribution in [0, 0.1) is 0 Å². The number of primary amides is 1. The van der Waals surface area contributed by atoms with Crippen LogP contribution in [0.5, 0.6) is 0 Å². The van der Waals surface area contributed by atoms with Gasteiger partial charge in [0, 0.05) is 16.3 Å². The van der Waals surface area contributed by atoms with Gasteiger partial charge < -0.3 is 16.8 Å². The lowest BCUT2D eigenvalue weighted by Crippen LogP contribution is -2.15. The van der Waals surface area contributed by atoms with Crippen LogP contribution in [-0.4, -0.2) is 5.91 Å². The molecule has 5 heteroatoms. The Bertz CT molecular complexity index is 566. The van der Waals surface area contributed by atoms with Crippen LogP contribution < -0.4 is 16.8 Å². The topological polar surface area (TPSA) is 81.1 Å². The fourth-order valence-corrected chi connectivity index (χ4v) is 2.79. The number of benzene rings is 1. The first kappa shape index (κ1) is 13.4. The molecule has 0 aliphatic heterocycles. The number of amides is 1. The lowest BCUT2D eigenvalue weighted by Gasteiger charge is -2.17. The van der Waals surface area contributed by atoms with E-state index in [1.165, 1.54) is 4.88 Å². The predicted molar refractivity (Wildman–Crippen MR) is 80.3 cm³/mol. The van der Waals surface area contributed by atoms with Crippen LogP contribution in [0.25, 0.3) is 0 Å². The minimum absolute atomic E-state index is 0.226. The molecule has 100 valence electrons. The number of rotatable bonds is 5. The molecule has 1 aromatic heterocycles. The highest BCUT2D eigenvalue weighted by Gasteiger charge is 2.12. The molecule has 0 bridgehead atoms. The van der Waals surface area contributed by atoms with Gasteiger partial charge in [-0.05, 0) is 36.1 Å². The van der Waals surface area contributed by atoms with Gasteiger partial charge in [-0.1, -0.05) is 13.0 Å². The monoisotopic (exact) mass is 275 g/mol. The van der Waals surface area contributed by atoms with E-state index in [4.69, 9.17) is 11.5 Å². The van der Waals surface area contributed by atoms with Crippen molar-refractivity contribution in [3.05, 3.63) is 46.2 Å². The van der Waals surface area contributed by atoms with Crippen molar-refractivity contribution in [3.8, 4) is 0 Å². The standard InChI is InChI=1S/C14H17N3OS/c1-2-12(13-4-3-7-19-13)17-9-5-6-11(15)10(8-9)14(16)18/h3-8,12,17H,2,15H2,1H3,(H2,16,18). The summed E-state index contributed by atoms with van der Waals surface area (Å²) in [4.78, 5) is 12.5. The summed E-state index contributed by atoms with van der Waals surface area (Å²) in [6.45, 7) is 2.11. The van der Waals surface area contributed by atoms with Gasteiger partial charge in [-0.3, -0.25) is 4.79 Å². The molecule has 2 rings (SSSR count). The zero-order valence-electron chi connectivity index (χ0n) is 10.7. The van der Waals surface area contributed by atoms with E-state index in [0.717, 1.165) is 12.1 Å². The number of hydrogen-bond acceptors (Lipinski definition) is 4. The van der Waals surface area contributed by atoms with Crippen LogP contribution in [-0.2, 0) is 0 Å². The predicted octanol–water partition coefficient (Wildman–Crippen LogP) is 2.99. The Balaban J connectivity index is 2.23. The number of carbonyl (C=O) groups is 1. The first-order chi connectivity index (χ1) is 9.11. The Morgan fingerprint density at radius 2 is 2.21 bits per heavy atom. The molecule has 0 radical (unpaired) electrons. The highest BCUT2D eigenvalue weighted by molar-refractivity contribution is 7.10. The molecule has 0 fully saturated rings. The molecule has 1 amide bonds. The maximum absolute atomic E-state index is 11.3.